The molecule has 1 aromatic rings. The number of nitrogens with zero attached hydrogens (tertiary/aromatic N) is 3. The average Bonchev–Trinajstić information content (AvgIpc) is 3.15. The number of morpholine rings is 1. The van der Waals surface area contributed by atoms with Gasteiger partial charge in [-0.25, -0.2) is 0 Å². The van der Waals surface area contributed by atoms with Crippen molar-refractivity contribution in [2.45, 2.75) is 38.9 Å². The highest BCUT2D eigenvalue weighted by molar-refractivity contribution is 5.93. The smallest absolute Gasteiger partial charge is 0.273 e. The van der Waals surface area contributed by atoms with Crippen LogP contribution in [0.25, 0.3) is 0 Å². The number of carbonyl (C=O) groups excluding carboxylic acids is 2. The van der Waals surface area contributed by atoms with Crippen molar-refractivity contribution in [3.63, 3.8) is 0 Å². The lowest BCUT2D eigenvalue weighted by molar-refractivity contribution is -0.129. The third kappa shape index (κ3) is 3.93. The number of likely N-dealkylation sites (tertiary alicyclic amines) is 1. The highest BCUT2D eigenvalue weighted by Crippen LogP contribution is 2.15. The summed E-state index contributed by atoms with van der Waals surface area (Å²) in [6.07, 6.45) is 0.336. The van der Waals surface area contributed by atoms with Crippen LogP contribution in [0.4, 0.5) is 0 Å². The Hall–Kier alpha value is -1.93. The SMILES string of the molecule is CC(C)N1C[C@@H](NC(=O)c2cc(CN3CCOCC3)on2)CC1=O. The molecule has 0 saturated carbocycles. The average molecular weight is 336 g/mol. The van der Waals surface area contributed by atoms with Gasteiger partial charge in [0.05, 0.1) is 25.8 Å². The maximum Gasteiger partial charge on any atom is 0.273 e. The molecule has 2 saturated heterocycles. The summed E-state index contributed by atoms with van der Waals surface area (Å²) in [7, 11) is 0. The lowest BCUT2D eigenvalue weighted by atomic mass is 10.2. The van der Waals surface area contributed by atoms with Gasteiger partial charge < -0.3 is 19.5 Å². The third-order valence-electron chi connectivity index (χ3n) is 4.39. The topological polar surface area (TPSA) is 87.9 Å². The molecule has 24 heavy (non-hydrogen) atoms. The van der Waals surface area contributed by atoms with E-state index in [2.05, 4.69) is 15.4 Å². The van der Waals surface area contributed by atoms with Crippen LogP contribution in [0.15, 0.2) is 10.6 Å². The molecule has 2 fully saturated rings. The zero-order chi connectivity index (χ0) is 17.1. The molecule has 2 aliphatic heterocycles. The van der Waals surface area contributed by atoms with Crippen LogP contribution in [0, 0.1) is 0 Å². The molecule has 0 radical (unpaired) electrons. The lowest BCUT2D eigenvalue weighted by Crippen LogP contribution is -2.39. The normalized spacial score (nSPS) is 22.4. The molecule has 0 aliphatic carbocycles. The second-order valence-electron chi connectivity index (χ2n) is 6.58. The monoisotopic (exact) mass is 336 g/mol. The van der Waals surface area contributed by atoms with Gasteiger partial charge in [-0.15, -0.1) is 0 Å². The predicted molar refractivity (Wildman–Crippen MR) is 85.3 cm³/mol. The molecule has 0 spiro atoms. The Labute approximate surface area is 141 Å². The number of ether oxygens (including phenoxy) is 1. The maximum atomic E-state index is 12.3. The van der Waals surface area contributed by atoms with Gasteiger partial charge >= 0.3 is 0 Å². The number of amides is 2. The summed E-state index contributed by atoms with van der Waals surface area (Å²) in [6, 6.07) is 1.64. The first-order valence-electron chi connectivity index (χ1n) is 8.39. The Bertz CT molecular complexity index is 595. The molecule has 8 heteroatoms. The number of hydrogen-bond donors (Lipinski definition) is 1. The van der Waals surface area contributed by atoms with Crippen molar-refractivity contribution in [1.29, 1.82) is 0 Å². The standard InChI is InChI=1S/C16H24N4O4/c1-11(2)20-9-12(7-15(20)21)17-16(22)14-8-13(24-18-14)10-19-3-5-23-6-4-19/h8,11-12H,3-7,9-10H2,1-2H3,(H,17,22)/t12-/m0/s1. The van der Waals surface area contributed by atoms with Gasteiger partial charge in [0.25, 0.3) is 5.91 Å². The largest absolute Gasteiger partial charge is 0.379 e. The van der Waals surface area contributed by atoms with Crippen molar-refractivity contribution < 1.29 is 18.8 Å². The van der Waals surface area contributed by atoms with Crippen molar-refractivity contribution in [2.24, 2.45) is 0 Å². The van der Waals surface area contributed by atoms with Gasteiger partial charge in [-0.05, 0) is 13.8 Å². The number of nitrogens with one attached hydrogen (secondary N) is 1. The van der Waals surface area contributed by atoms with Crippen LogP contribution >= 0.6 is 0 Å². The summed E-state index contributed by atoms with van der Waals surface area (Å²) in [5, 5.41) is 6.72. The summed E-state index contributed by atoms with van der Waals surface area (Å²) in [5.41, 5.74) is 0.258. The summed E-state index contributed by atoms with van der Waals surface area (Å²) in [5.74, 6) is 0.437. The van der Waals surface area contributed by atoms with Crippen molar-refractivity contribution in [3.05, 3.63) is 17.5 Å². The van der Waals surface area contributed by atoms with Crippen LogP contribution in [0.2, 0.25) is 0 Å². The van der Waals surface area contributed by atoms with Gasteiger partial charge in [-0.1, -0.05) is 5.16 Å². The number of carbonyl (C=O) groups is 2. The first-order valence-corrected chi connectivity index (χ1v) is 8.39. The van der Waals surface area contributed by atoms with E-state index in [0.717, 1.165) is 13.1 Å². The number of hydrogen-bond acceptors (Lipinski definition) is 6. The quantitative estimate of drug-likeness (QED) is 0.829. The first-order chi connectivity index (χ1) is 11.5. The molecule has 1 N–H and O–H groups in total. The van der Waals surface area contributed by atoms with Gasteiger partial charge in [0.2, 0.25) is 5.91 Å². The fraction of sp³-hybridized carbons (Fsp3) is 0.688. The van der Waals surface area contributed by atoms with E-state index in [1.165, 1.54) is 0 Å². The van der Waals surface area contributed by atoms with Crippen LogP contribution in [-0.2, 0) is 16.1 Å². The second-order valence-corrected chi connectivity index (χ2v) is 6.58. The van der Waals surface area contributed by atoms with Gasteiger partial charge in [0.15, 0.2) is 11.5 Å². The van der Waals surface area contributed by atoms with Gasteiger partial charge in [-0.2, -0.15) is 0 Å². The molecule has 3 heterocycles. The fourth-order valence-electron chi connectivity index (χ4n) is 3.06. The van der Waals surface area contributed by atoms with Crippen LogP contribution in [0.5, 0.6) is 0 Å². The van der Waals surface area contributed by atoms with Crippen molar-refractivity contribution >= 4 is 11.8 Å². The maximum absolute atomic E-state index is 12.3. The molecule has 1 aromatic heterocycles. The van der Waals surface area contributed by atoms with E-state index in [-0.39, 0.29) is 29.6 Å². The van der Waals surface area contributed by atoms with E-state index in [4.69, 9.17) is 9.26 Å². The summed E-state index contributed by atoms with van der Waals surface area (Å²) in [6.45, 7) is 8.21. The minimum atomic E-state index is -0.296. The molecule has 2 aliphatic rings. The van der Waals surface area contributed by atoms with Crippen molar-refractivity contribution in [1.82, 2.24) is 20.3 Å². The zero-order valence-electron chi connectivity index (χ0n) is 14.2. The Balaban J connectivity index is 1.53. The van der Waals surface area contributed by atoms with Crippen LogP contribution in [-0.4, -0.2) is 71.7 Å². The molecular weight excluding hydrogens is 312 g/mol. The number of rotatable bonds is 5. The van der Waals surface area contributed by atoms with Crippen LogP contribution in [0.3, 0.4) is 0 Å². The molecule has 132 valence electrons. The van der Waals surface area contributed by atoms with E-state index >= 15 is 0 Å². The fourth-order valence-corrected chi connectivity index (χ4v) is 3.06. The van der Waals surface area contributed by atoms with Gasteiger partial charge in [0, 0.05) is 38.2 Å². The third-order valence-corrected chi connectivity index (χ3v) is 4.39. The van der Waals surface area contributed by atoms with Crippen molar-refractivity contribution in [2.75, 3.05) is 32.8 Å². The van der Waals surface area contributed by atoms with Crippen LogP contribution in [0.1, 0.15) is 36.5 Å². The van der Waals surface area contributed by atoms with E-state index in [0.29, 0.717) is 38.5 Å². The highest BCUT2D eigenvalue weighted by Gasteiger charge is 2.32. The van der Waals surface area contributed by atoms with Crippen LogP contribution < -0.4 is 5.32 Å². The van der Waals surface area contributed by atoms with Crippen molar-refractivity contribution in [3.8, 4) is 0 Å². The predicted octanol–water partition coefficient (Wildman–Crippen LogP) is 0.246. The molecular formula is C16H24N4O4. The van der Waals surface area contributed by atoms with E-state index in [9.17, 15) is 9.59 Å². The van der Waals surface area contributed by atoms with E-state index < -0.39 is 0 Å². The minimum Gasteiger partial charge on any atom is -0.379 e. The van der Waals surface area contributed by atoms with E-state index in [1.54, 1.807) is 11.0 Å². The molecule has 3 rings (SSSR count). The summed E-state index contributed by atoms with van der Waals surface area (Å²) >= 11 is 0. The minimum absolute atomic E-state index is 0.0726. The summed E-state index contributed by atoms with van der Waals surface area (Å²) < 4.78 is 10.6. The molecule has 1 atom stereocenters. The van der Waals surface area contributed by atoms with Gasteiger partial charge in [0.1, 0.15) is 0 Å². The highest BCUT2D eigenvalue weighted by atomic mass is 16.5. The molecule has 8 nitrogen and oxygen atoms in total. The Morgan fingerprint density at radius 1 is 1.42 bits per heavy atom. The molecule has 0 unspecified atom stereocenters. The summed E-state index contributed by atoms with van der Waals surface area (Å²) in [4.78, 5) is 28.2. The molecule has 2 amide bonds. The Kier molecular flexibility index (Phi) is 5.15. The molecule has 0 bridgehead atoms. The number of aromatic nitrogens is 1. The first kappa shape index (κ1) is 16.9. The zero-order valence-corrected chi connectivity index (χ0v) is 14.2. The van der Waals surface area contributed by atoms with Gasteiger partial charge in [-0.3, -0.25) is 14.5 Å². The lowest BCUT2D eigenvalue weighted by Gasteiger charge is -2.25. The molecule has 0 aromatic carbocycles. The Morgan fingerprint density at radius 2 is 2.17 bits per heavy atom. The second kappa shape index (κ2) is 7.31. The van der Waals surface area contributed by atoms with E-state index in [1.807, 2.05) is 13.8 Å². The Morgan fingerprint density at radius 3 is 2.83 bits per heavy atom.